The Hall–Kier alpha value is -5.12. The Balaban J connectivity index is 0.000000183. The number of likely N-dealkylation sites (N-methyl/N-ethyl adjacent to an activating group) is 2. The van der Waals surface area contributed by atoms with Gasteiger partial charge in [0.05, 0.1) is 41.1 Å². The number of hydrogen-bond acceptors (Lipinski definition) is 12. The Morgan fingerprint density at radius 1 is 0.692 bits per heavy atom. The number of carbonyl (C=O) groups is 3. The molecule has 270 valence electrons. The Kier molecular flexibility index (Phi) is 11.9. The van der Waals surface area contributed by atoms with E-state index in [1.165, 1.54) is 36.7 Å². The molecule has 0 saturated carbocycles. The van der Waals surface area contributed by atoms with Crippen molar-refractivity contribution in [3.8, 4) is 22.5 Å². The number of thioether (sulfide) groups is 1. The number of benzene rings is 2. The van der Waals surface area contributed by atoms with Gasteiger partial charge in [0, 0.05) is 56.0 Å². The smallest absolute Gasteiger partial charge is 0.290 e. The second-order valence-corrected chi connectivity index (χ2v) is 13.8. The Bertz CT molecular complexity index is 1980. The first kappa shape index (κ1) is 36.7. The first-order valence-electron chi connectivity index (χ1n) is 17.0. The highest BCUT2D eigenvalue weighted by atomic mass is 32.2. The van der Waals surface area contributed by atoms with Crippen LogP contribution in [0.4, 0.5) is 25.2 Å². The summed E-state index contributed by atoms with van der Waals surface area (Å²) in [4.78, 5) is 60.8. The van der Waals surface area contributed by atoms with E-state index in [2.05, 4.69) is 58.9 Å². The van der Waals surface area contributed by atoms with Crippen LogP contribution < -0.4 is 15.1 Å². The number of hydrogen-bond donors (Lipinski definition) is 1. The number of carbonyl (C=O) groups excluding carboxylic acids is 3. The first-order valence-corrected chi connectivity index (χ1v) is 17.8. The molecule has 2 amide bonds. The van der Waals surface area contributed by atoms with E-state index in [0.717, 1.165) is 88.6 Å². The van der Waals surface area contributed by atoms with Crippen LogP contribution >= 0.6 is 11.8 Å². The van der Waals surface area contributed by atoms with Crippen LogP contribution in [0.5, 0.6) is 0 Å². The van der Waals surface area contributed by atoms with Crippen molar-refractivity contribution in [1.82, 2.24) is 35.1 Å². The molecule has 0 aliphatic carbocycles. The van der Waals surface area contributed by atoms with Crippen molar-refractivity contribution < 1.29 is 23.2 Å². The Morgan fingerprint density at radius 2 is 1.21 bits per heavy atom. The second kappa shape index (κ2) is 16.9. The van der Waals surface area contributed by atoms with Crippen LogP contribution in [-0.2, 0) is 4.79 Å². The van der Waals surface area contributed by atoms with Crippen molar-refractivity contribution in [2.45, 2.75) is 12.8 Å². The standard InChI is InChI=1S/C20H20FN5O2S.C17H19FN4O/c1-25-5-2-6-26(8-7-25)18-12-22-11-16(23-18)14-9-13(3-4-15(14)21)10-17-19(27)24-20(28)29-17;1-21-5-2-6-22(8-7-21)17-11-19-10-16(20-17)14-9-13(12-23)3-4-15(14)18/h3-4,9-12H,2,5-8H2,1H3,(H,24,27,28);3-4,9-12H,2,5-8H2,1H3/b17-10-;. The maximum absolute atomic E-state index is 14.6. The molecule has 0 spiro atoms. The fraction of sp³-hybridized carbons (Fsp3) is 0.324. The number of halogens is 2. The molecule has 3 saturated heterocycles. The molecule has 15 heteroatoms. The van der Waals surface area contributed by atoms with E-state index in [1.807, 2.05) is 0 Å². The van der Waals surface area contributed by atoms with Gasteiger partial charge in [0.2, 0.25) is 0 Å². The summed E-state index contributed by atoms with van der Waals surface area (Å²) in [5.41, 5.74) is 2.51. The van der Waals surface area contributed by atoms with E-state index in [4.69, 9.17) is 0 Å². The van der Waals surface area contributed by atoms with Crippen LogP contribution in [0.3, 0.4) is 0 Å². The number of rotatable bonds is 6. The summed E-state index contributed by atoms with van der Waals surface area (Å²) in [5, 5.41) is 1.80. The van der Waals surface area contributed by atoms with Gasteiger partial charge in [0.15, 0.2) is 0 Å². The van der Waals surface area contributed by atoms with E-state index in [9.17, 15) is 23.2 Å². The maximum atomic E-state index is 14.6. The molecule has 7 rings (SSSR count). The van der Waals surface area contributed by atoms with Crippen molar-refractivity contribution in [2.75, 3.05) is 76.3 Å². The zero-order chi connectivity index (χ0) is 36.6. The van der Waals surface area contributed by atoms with Gasteiger partial charge in [-0.15, -0.1) is 0 Å². The third-order valence-electron chi connectivity index (χ3n) is 8.94. The van der Waals surface area contributed by atoms with Crippen molar-refractivity contribution in [3.05, 3.63) is 88.9 Å². The molecule has 1 N–H and O–H groups in total. The van der Waals surface area contributed by atoms with Gasteiger partial charge in [0.1, 0.15) is 29.6 Å². The lowest BCUT2D eigenvalue weighted by molar-refractivity contribution is -0.115. The highest BCUT2D eigenvalue weighted by Crippen LogP contribution is 2.29. The number of imide groups is 1. The van der Waals surface area contributed by atoms with Crippen LogP contribution in [-0.4, -0.2) is 114 Å². The number of anilines is 2. The topological polar surface area (TPSA) is 128 Å². The number of nitrogens with one attached hydrogen (secondary N) is 1. The SMILES string of the molecule is CN1CCCN(c2cncc(-c3cc(/C=C4\SC(=O)NC4=O)ccc3F)n2)CC1.CN1CCCN(c2cncc(-c3cc(C=O)ccc3F)n2)CC1. The Morgan fingerprint density at radius 3 is 1.71 bits per heavy atom. The minimum atomic E-state index is -0.446. The molecule has 5 heterocycles. The second-order valence-electron chi connectivity index (χ2n) is 12.8. The predicted octanol–water partition coefficient (Wildman–Crippen LogP) is 4.99. The lowest BCUT2D eigenvalue weighted by atomic mass is 10.1. The van der Waals surface area contributed by atoms with Gasteiger partial charge in [-0.25, -0.2) is 18.7 Å². The molecular formula is C37H39F2N9O3S. The average Bonchev–Trinajstić information content (AvgIpc) is 3.30. The number of aldehydes is 1. The molecule has 0 atom stereocenters. The van der Waals surface area contributed by atoms with Gasteiger partial charge in [-0.1, -0.05) is 6.07 Å². The van der Waals surface area contributed by atoms with Crippen LogP contribution in [0.25, 0.3) is 28.6 Å². The first-order chi connectivity index (χ1) is 25.2. The predicted molar refractivity (Wildman–Crippen MR) is 198 cm³/mol. The number of aromatic nitrogens is 4. The van der Waals surface area contributed by atoms with Crippen LogP contribution in [0.15, 0.2) is 66.1 Å². The third-order valence-corrected chi connectivity index (χ3v) is 9.75. The summed E-state index contributed by atoms with van der Waals surface area (Å²) < 4.78 is 28.6. The van der Waals surface area contributed by atoms with Crippen molar-refractivity contribution in [2.24, 2.45) is 0 Å². The number of amides is 2. The summed E-state index contributed by atoms with van der Waals surface area (Å²) in [5.74, 6) is 0.191. The molecule has 2 aromatic carbocycles. The molecule has 0 bridgehead atoms. The molecule has 52 heavy (non-hydrogen) atoms. The van der Waals surface area contributed by atoms with Crippen LogP contribution in [0.2, 0.25) is 0 Å². The molecule has 0 unspecified atom stereocenters. The summed E-state index contributed by atoms with van der Waals surface area (Å²) in [6.07, 6.45) is 10.8. The van der Waals surface area contributed by atoms with Crippen molar-refractivity contribution >= 4 is 46.9 Å². The minimum Gasteiger partial charge on any atom is -0.354 e. The maximum Gasteiger partial charge on any atom is 0.290 e. The lowest BCUT2D eigenvalue weighted by Gasteiger charge is -2.21. The van der Waals surface area contributed by atoms with E-state index in [-0.39, 0.29) is 4.91 Å². The van der Waals surface area contributed by atoms with Crippen molar-refractivity contribution in [1.29, 1.82) is 0 Å². The largest absolute Gasteiger partial charge is 0.354 e. The van der Waals surface area contributed by atoms with Crippen LogP contribution in [0.1, 0.15) is 28.8 Å². The Labute approximate surface area is 305 Å². The normalized spacial score (nSPS) is 18.0. The van der Waals surface area contributed by atoms with Gasteiger partial charge in [-0.05, 0) is 93.8 Å². The summed E-state index contributed by atoms with van der Waals surface area (Å²) >= 11 is 0.827. The third kappa shape index (κ3) is 9.21. The highest BCUT2D eigenvalue weighted by molar-refractivity contribution is 8.18. The molecule has 2 aromatic heterocycles. The zero-order valence-corrected chi connectivity index (χ0v) is 29.8. The average molecular weight is 728 g/mol. The molecular weight excluding hydrogens is 689 g/mol. The molecule has 3 aliphatic heterocycles. The highest BCUT2D eigenvalue weighted by Gasteiger charge is 2.25. The minimum absolute atomic E-state index is 0.279. The molecule has 3 fully saturated rings. The van der Waals surface area contributed by atoms with Gasteiger partial charge >= 0.3 is 0 Å². The zero-order valence-electron chi connectivity index (χ0n) is 29.0. The fourth-order valence-electron chi connectivity index (χ4n) is 6.04. The van der Waals surface area contributed by atoms with Gasteiger partial charge in [0.25, 0.3) is 11.1 Å². The van der Waals surface area contributed by atoms with E-state index in [0.29, 0.717) is 39.9 Å². The fourth-order valence-corrected chi connectivity index (χ4v) is 6.72. The molecule has 12 nitrogen and oxygen atoms in total. The quantitative estimate of drug-likeness (QED) is 0.213. The molecule has 4 aromatic rings. The number of nitrogens with zero attached hydrogens (tertiary/aromatic N) is 8. The summed E-state index contributed by atoms with van der Waals surface area (Å²) in [6.45, 7) is 7.46. The van der Waals surface area contributed by atoms with E-state index < -0.39 is 22.8 Å². The lowest BCUT2D eigenvalue weighted by Crippen LogP contribution is -2.29. The van der Waals surface area contributed by atoms with E-state index in [1.54, 1.807) is 30.6 Å². The summed E-state index contributed by atoms with van der Waals surface area (Å²) in [6, 6.07) is 8.75. The van der Waals surface area contributed by atoms with E-state index >= 15 is 0 Å². The van der Waals surface area contributed by atoms with Gasteiger partial charge < -0.3 is 19.6 Å². The monoisotopic (exact) mass is 727 g/mol. The van der Waals surface area contributed by atoms with Gasteiger partial charge in [-0.3, -0.25) is 29.7 Å². The van der Waals surface area contributed by atoms with Crippen molar-refractivity contribution in [3.63, 3.8) is 0 Å². The summed E-state index contributed by atoms with van der Waals surface area (Å²) in [7, 11) is 4.20. The molecule has 3 aliphatic rings. The molecule has 0 radical (unpaired) electrons. The van der Waals surface area contributed by atoms with Crippen LogP contribution in [0, 0.1) is 11.6 Å². The van der Waals surface area contributed by atoms with Gasteiger partial charge in [-0.2, -0.15) is 0 Å².